The van der Waals surface area contributed by atoms with Gasteiger partial charge in [-0.25, -0.2) is 4.79 Å². The Labute approximate surface area is 162 Å². The monoisotopic (exact) mass is 366 g/mol. The molecular formula is C23H30N2O2. The molecule has 1 atom stereocenters. The van der Waals surface area contributed by atoms with E-state index in [0.29, 0.717) is 17.1 Å². The number of allylic oxidation sites excluding steroid dienone is 3. The van der Waals surface area contributed by atoms with Crippen LogP contribution < -0.4 is 5.32 Å². The lowest BCUT2D eigenvalue weighted by Crippen LogP contribution is -2.33. The first-order valence-corrected chi connectivity index (χ1v) is 9.44. The summed E-state index contributed by atoms with van der Waals surface area (Å²) < 4.78 is 5.66. The zero-order valence-electron chi connectivity index (χ0n) is 17.4. The number of hydrogen-bond acceptors (Lipinski definition) is 4. The number of nitriles is 1. The molecule has 0 radical (unpaired) electrons. The Balaban J connectivity index is 2.61. The van der Waals surface area contributed by atoms with E-state index in [1.807, 2.05) is 58.9 Å². The van der Waals surface area contributed by atoms with Gasteiger partial charge in [0.05, 0.1) is 23.1 Å². The maximum Gasteiger partial charge on any atom is 0.337 e. The third kappa shape index (κ3) is 5.01. The van der Waals surface area contributed by atoms with Crippen molar-refractivity contribution in [1.82, 2.24) is 5.32 Å². The first-order chi connectivity index (χ1) is 12.5. The lowest BCUT2D eigenvalue weighted by Gasteiger charge is -2.32. The van der Waals surface area contributed by atoms with E-state index in [1.165, 1.54) is 0 Å². The largest absolute Gasteiger partial charge is 0.457 e. The maximum atomic E-state index is 13.0. The molecule has 0 bridgehead atoms. The van der Waals surface area contributed by atoms with Gasteiger partial charge in [0.15, 0.2) is 0 Å². The summed E-state index contributed by atoms with van der Waals surface area (Å²) in [5, 5.41) is 13.3. The van der Waals surface area contributed by atoms with Crippen LogP contribution in [-0.4, -0.2) is 11.6 Å². The number of esters is 1. The molecule has 1 unspecified atom stereocenters. The Morgan fingerprint density at radius 2 is 1.81 bits per heavy atom. The number of hydrogen-bond donors (Lipinski definition) is 1. The summed E-state index contributed by atoms with van der Waals surface area (Å²) >= 11 is 0. The number of aryl methyl sites for hydroxylation is 1. The molecule has 1 aliphatic heterocycles. The molecule has 1 aliphatic rings. The minimum atomic E-state index is -0.600. The van der Waals surface area contributed by atoms with Crippen LogP contribution in [0.2, 0.25) is 0 Å². The highest BCUT2D eigenvalue weighted by molar-refractivity contribution is 5.93. The van der Waals surface area contributed by atoms with Crippen LogP contribution in [0.1, 0.15) is 65.0 Å². The van der Waals surface area contributed by atoms with E-state index in [-0.39, 0.29) is 5.97 Å². The first kappa shape index (κ1) is 20.8. The zero-order chi connectivity index (χ0) is 20.4. The van der Waals surface area contributed by atoms with Gasteiger partial charge >= 0.3 is 5.97 Å². The third-order valence-electron chi connectivity index (χ3n) is 4.41. The second-order valence-corrected chi connectivity index (χ2v) is 8.61. The summed E-state index contributed by atoms with van der Waals surface area (Å²) in [5.74, 6) is -0.403. The van der Waals surface area contributed by atoms with Crippen molar-refractivity contribution in [2.75, 3.05) is 0 Å². The van der Waals surface area contributed by atoms with Crippen molar-refractivity contribution >= 4 is 5.97 Å². The number of ether oxygens (including phenoxy) is 1. The van der Waals surface area contributed by atoms with E-state index in [4.69, 9.17) is 4.74 Å². The van der Waals surface area contributed by atoms with Gasteiger partial charge in [0, 0.05) is 11.4 Å². The smallest absolute Gasteiger partial charge is 0.337 e. The molecule has 0 fully saturated rings. The second kappa shape index (κ2) is 8.00. The molecular weight excluding hydrogens is 336 g/mol. The summed E-state index contributed by atoms with van der Waals surface area (Å²) in [4.78, 5) is 13.0. The lowest BCUT2D eigenvalue weighted by atomic mass is 9.79. The Bertz CT molecular complexity index is 815. The molecule has 0 aromatic heterocycles. The fraction of sp³-hybridized carbons (Fsp3) is 0.478. The molecule has 4 nitrogen and oxygen atoms in total. The molecule has 0 aliphatic carbocycles. The molecule has 1 heterocycles. The summed E-state index contributed by atoms with van der Waals surface area (Å²) in [6, 6.07) is 10.4. The van der Waals surface area contributed by atoms with E-state index in [1.54, 1.807) is 0 Å². The topological polar surface area (TPSA) is 62.1 Å². The summed E-state index contributed by atoms with van der Waals surface area (Å²) in [7, 11) is 0. The minimum absolute atomic E-state index is 0.380. The third-order valence-corrected chi connectivity index (χ3v) is 4.41. The van der Waals surface area contributed by atoms with E-state index in [9.17, 15) is 10.1 Å². The molecule has 2 rings (SSSR count). The fourth-order valence-electron chi connectivity index (χ4n) is 3.29. The maximum absolute atomic E-state index is 13.0. The van der Waals surface area contributed by atoms with E-state index in [0.717, 1.165) is 28.9 Å². The van der Waals surface area contributed by atoms with Crippen molar-refractivity contribution in [3.63, 3.8) is 0 Å². The summed E-state index contributed by atoms with van der Waals surface area (Å²) in [6.07, 6.45) is 0.754. The molecule has 0 amide bonds. The zero-order valence-corrected chi connectivity index (χ0v) is 17.4. The van der Waals surface area contributed by atoms with Crippen molar-refractivity contribution < 1.29 is 9.53 Å². The number of dihydropyridines is 1. The standard InChI is InChI=1S/C23H30N2O2/c1-14(2)12-19-18(13-24)21(17-10-8-15(3)9-11-17)20(16(4)25-19)22(26)27-23(5,6)7/h8-11,14,21,25H,12H2,1-7H3. The quantitative estimate of drug-likeness (QED) is 0.751. The van der Waals surface area contributed by atoms with Crippen LogP contribution in [0.5, 0.6) is 0 Å². The van der Waals surface area contributed by atoms with Crippen LogP contribution >= 0.6 is 0 Å². The van der Waals surface area contributed by atoms with Crippen LogP contribution in [0, 0.1) is 24.2 Å². The van der Waals surface area contributed by atoms with Crippen LogP contribution in [0.3, 0.4) is 0 Å². The van der Waals surface area contributed by atoms with Crippen LogP contribution in [0.15, 0.2) is 46.8 Å². The molecule has 0 saturated carbocycles. The Morgan fingerprint density at radius 3 is 2.30 bits per heavy atom. The summed E-state index contributed by atoms with van der Waals surface area (Å²) in [5.41, 5.74) is 4.22. The van der Waals surface area contributed by atoms with Gasteiger partial charge in [-0.05, 0) is 52.5 Å². The minimum Gasteiger partial charge on any atom is -0.457 e. The Kier molecular flexibility index (Phi) is 6.15. The number of carbonyl (C=O) groups is 1. The van der Waals surface area contributed by atoms with Gasteiger partial charge in [0.2, 0.25) is 0 Å². The molecule has 0 spiro atoms. The second-order valence-electron chi connectivity index (χ2n) is 8.61. The summed E-state index contributed by atoms with van der Waals surface area (Å²) in [6.45, 7) is 13.7. The van der Waals surface area contributed by atoms with Crippen molar-refractivity contribution in [3.05, 3.63) is 57.9 Å². The van der Waals surface area contributed by atoms with Gasteiger partial charge in [-0.2, -0.15) is 5.26 Å². The van der Waals surface area contributed by atoms with Crippen molar-refractivity contribution in [2.45, 2.75) is 66.4 Å². The first-order valence-electron chi connectivity index (χ1n) is 9.44. The Morgan fingerprint density at radius 1 is 1.22 bits per heavy atom. The van der Waals surface area contributed by atoms with Crippen LogP contribution in [-0.2, 0) is 9.53 Å². The van der Waals surface area contributed by atoms with Gasteiger partial charge in [-0.1, -0.05) is 43.7 Å². The highest BCUT2D eigenvalue weighted by Gasteiger charge is 2.36. The molecule has 1 aromatic rings. The Hall–Kier alpha value is -2.54. The average molecular weight is 367 g/mol. The number of nitrogens with zero attached hydrogens (tertiary/aromatic N) is 1. The van der Waals surface area contributed by atoms with Crippen molar-refractivity contribution in [3.8, 4) is 6.07 Å². The average Bonchev–Trinajstić information content (AvgIpc) is 2.52. The number of carbonyl (C=O) groups excluding carboxylic acids is 1. The molecule has 0 saturated heterocycles. The number of nitrogens with one attached hydrogen (secondary N) is 1. The SMILES string of the molecule is CC1=C(C(=O)OC(C)(C)C)C(c2ccc(C)cc2)C(C#N)=C(CC(C)C)N1. The number of rotatable bonds is 4. The molecule has 1 aromatic carbocycles. The van der Waals surface area contributed by atoms with Crippen molar-refractivity contribution in [1.29, 1.82) is 5.26 Å². The van der Waals surface area contributed by atoms with Gasteiger partial charge in [0.1, 0.15) is 5.60 Å². The van der Waals surface area contributed by atoms with E-state index < -0.39 is 11.5 Å². The highest BCUT2D eigenvalue weighted by atomic mass is 16.6. The normalized spacial score (nSPS) is 17.7. The predicted octanol–water partition coefficient (Wildman–Crippen LogP) is 5.12. The van der Waals surface area contributed by atoms with E-state index >= 15 is 0 Å². The molecule has 27 heavy (non-hydrogen) atoms. The predicted molar refractivity (Wildman–Crippen MR) is 108 cm³/mol. The molecule has 144 valence electrons. The van der Waals surface area contributed by atoms with Crippen molar-refractivity contribution in [2.24, 2.45) is 5.92 Å². The fourth-order valence-corrected chi connectivity index (χ4v) is 3.29. The van der Waals surface area contributed by atoms with Gasteiger partial charge in [-0.3, -0.25) is 0 Å². The molecule has 4 heteroatoms. The number of benzene rings is 1. The van der Waals surface area contributed by atoms with Gasteiger partial charge in [0.25, 0.3) is 0 Å². The van der Waals surface area contributed by atoms with E-state index in [2.05, 4.69) is 25.2 Å². The van der Waals surface area contributed by atoms with Gasteiger partial charge < -0.3 is 10.1 Å². The highest BCUT2D eigenvalue weighted by Crippen LogP contribution is 2.40. The van der Waals surface area contributed by atoms with Crippen LogP contribution in [0.4, 0.5) is 0 Å². The van der Waals surface area contributed by atoms with Crippen LogP contribution in [0.25, 0.3) is 0 Å². The lowest BCUT2D eigenvalue weighted by molar-refractivity contribution is -0.150. The van der Waals surface area contributed by atoms with Gasteiger partial charge in [-0.15, -0.1) is 0 Å². The molecule has 1 N–H and O–H groups in total.